The molecule has 6 atom stereocenters. The predicted molar refractivity (Wildman–Crippen MR) is 72.6 cm³/mol. The van der Waals surface area contributed by atoms with Gasteiger partial charge in [-0.05, 0) is 30.1 Å². The maximum absolute atomic E-state index is 12.4. The molecule has 1 saturated heterocycles. The summed E-state index contributed by atoms with van der Waals surface area (Å²) in [6.07, 6.45) is 0.734. The van der Waals surface area contributed by atoms with Gasteiger partial charge in [-0.25, -0.2) is 0 Å². The molecule has 1 heterocycles. The van der Waals surface area contributed by atoms with Gasteiger partial charge in [-0.2, -0.15) is 0 Å². The monoisotopic (exact) mass is 280 g/mol. The lowest BCUT2D eigenvalue weighted by atomic mass is 9.69. The van der Waals surface area contributed by atoms with E-state index in [1.807, 2.05) is 13.8 Å². The van der Waals surface area contributed by atoms with E-state index in [1.54, 1.807) is 0 Å². The molecule has 1 aliphatic heterocycles. The van der Waals surface area contributed by atoms with Gasteiger partial charge in [0.25, 0.3) is 0 Å². The fourth-order valence-corrected chi connectivity index (χ4v) is 4.67. The molecule has 0 radical (unpaired) electrons. The van der Waals surface area contributed by atoms with Crippen LogP contribution in [0.2, 0.25) is 0 Å². The molecule has 2 aliphatic carbocycles. The Hall–Kier alpha value is -1.06. The van der Waals surface area contributed by atoms with Crippen LogP contribution in [0.15, 0.2) is 0 Å². The lowest BCUT2D eigenvalue weighted by molar-refractivity contribution is -0.158. The number of fused-ring (bicyclic) bond motifs is 1. The van der Waals surface area contributed by atoms with Crippen LogP contribution in [0.4, 0.5) is 0 Å². The molecule has 4 heteroatoms. The summed E-state index contributed by atoms with van der Waals surface area (Å²) in [4.78, 5) is 24.5. The van der Waals surface area contributed by atoms with Crippen LogP contribution in [0.25, 0.3) is 0 Å². The first-order chi connectivity index (χ1) is 9.41. The van der Waals surface area contributed by atoms with Gasteiger partial charge < -0.3 is 9.47 Å². The lowest BCUT2D eigenvalue weighted by Gasteiger charge is -2.32. The fraction of sp³-hybridized carbons (Fsp3) is 0.875. The number of hydrogen-bond donors (Lipinski definition) is 0. The van der Waals surface area contributed by atoms with Gasteiger partial charge in [-0.3, -0.25) is 9.59 Å². The Morgan fingerprint density at radius 3 is 2.60 bits per heavy atom. The molecule has 0 spiro atoms. The summed E-state index contributed by atoms with van der Waals surface area (Å²) < 4.78 is 10.9. The van der Waals surface area contributed by atoms with Gasteiger partial charge in [0.05, 0.1) is 18.4 Å². The highest BCUT2D eigenvalue weighted by Gasteiger charge is 2.68. The molecule has 0 N–H and O–H groups in total. The van der Waals surface area contributed by atoms with E-state index < -0.39 is 0 Å². The van der Waals surface area contributed by atoms with Crippen LogP contribution in [-0.2, 0) is 19.1 Å². The number of esters is 2. The normalized spacial score (nSPS) is 41.6. The highest BCUT2D eigenvalue weighted by Crippen LogP contribution is 2.62. The van der Waals surface area contributed by atoms with Gasteiger partial charge in [0.2, 0.25) is 0 Å². The van der Waals surface area contributed by atoms with Crippen LogP contribution >= 0.6 is 0 Å². The summed E-state index contributed by atoms with van der Waals surface area (Å²) >= 11 is 0. The van der Waals surface area contributed by atoms with E-state index in [0.29, 0.717) is 18.4 Å². The summed E-state index contributed by atoms with van der Waals surface area (Å²) in [6, 6.07) is 0. The molecule has 3 fully saturated rings. The number of rotatable bonds is 4. The molecule has 112 valence electrons. The van der Waals surface area contributed by atoms with Gasteiger partial charge in [0, 0.05) is 5.92 Å². The first kappa shape index (κ1) is 13.9. The zero-order chi connectivity index (χ0) is 14.6. The van der Waals surface area contributed by atoms with E-state index in [0.717, 1.165) is 6.42 Å². The van der Waals surface area contributed by atoms with Crippen molar-refractivity contribution in [2.24, 2.45) is 41.4 Å². The summed E-state index contributed by atoms with van der Waals surface area (Å²) in [7, 11) is 0. The van der Waals surface area contributed by atoms with Crippen molar-refractivity contribution in [2.45, 2.75) is 40.2 Å². The van der Waals surface area contributed by atoms with Gasteiger partial charge in [0.15, 0.2) is 0 Å². The highest BCUT2D eigenvalue weighted by molar-refractivity contribution is 5.82. The van der Waals surface area contributed by atoms with Crippen molar-refractivity contribution in [1.82, 2.24) is 0 Å². The Kier molecular flexibility index (Phi) is 3.30. The molecule has 3 aliphatic rings. The van der Waals surface area contributed by atoms with Gasteiger partial charge in [-0.1, -0.05) is 27.7 Å². The SMILES string of the molecule is CC(C)COC(=O)C1C2CC3C1OC(=O)C3C2C(C)C. The van der Waals surface area contributed by atoms with E-state index >= 15 is 0 Å². The molecule has 0 aromatic carbocycles. The van der Waals surface area contributed by atoms with Crippen molar-refractivity contribution in [3.05, 3.63) is 0 Å². The molecule has 4 nitrogen and oxygen atoms in total. The molecule has 0 amide bonds. The average molecular weight is 280 g/mol. The van der Waals surface area contributed by atoms with Crippen molar-refractivity contribution in [2.75, 3.05) is 6.61 Å². The van der Waals surface area contributed by atoms with Crippen LogP contribution in [-0.4, -0.2) is 24.6 Å². The van der Waals surface area contributed by atoms with Crippen LogP contribution in [0.1, 0.15) is 34.1 Å². The second-order valence-electron chi connectivity index (χ2n) is 7.36. The van der Waals surface area contributed by atoms with E-state index in [2.05, 4.69) is 13.8 Å². The molecule has 0 aromatic heterocycles. The van der Waals surface area contributed by atoms with E-state index in [1.165, 1.54) is 0 Å². The molecular formula is C16H24O4. The standard InChI is InChI=1S/C16H24O4/c1-7(2)6-19-15(17)13-9-5-10-12(11(9)8(3)4)16(18)20-14(10)13/h7-14H,5-6H2,1-4H3. The highest BCUT2D eigenvalue weighted by atomic mass is 16.6. The predicted octanol–water partition coefficient (Wildman–Crippen LogP) is 2.27. The largest absolute Gasteiger partial charge is 0.465 e. The van der Waals surface area contributed by atoms with Gasteiger partial charge in [0.1, 0.15) is 6.10 Å². The van der Waals surface area contributed by atoms with Crippen molar-refractivity contribution in [1.29, 1.82) is 0 Å². The maximum atomic E-state index is 12.4. The first-order valence-corrected chi connectivity index (χ1v) is 7.79. The topological polar surface area (TPSA) is 52.6 Å². The van der Waals surface area contributed by atoms with Crippen LogP contribution < -0.4 is 0 Å². The molecule has 6 unspecified atom stereocenters. The molecular weight excluding hydrogens is 256 g/mol. The zero-order valence-corrected chi connectivity index (χ0v) is 12.7. The van der Waals surface area contributed by atoms with Crippen molar-refractivity contribution in [3.63, 3.8) is 0 Å². The van der Waals surface area contributed by atoms with E-state index in [4.69, 9.17) is 9.47 Å². The van der Waals surface area contributed by atoms with Crippen molar-refractivity contribution < 1.29 is 19.1 Å². The second kappa shape index (κ2) is 4.74. The molecule has 2 saturated carbocycles. The van der Waals surface area contributed by atoms with Crippen LogP contribution in [0.5, 0.6) is 0 Å². The maximum Gasteiger partial charge on any atom is 0.313 e. The minimum Gasteiger partial charge on any atom is -0.465 e. The Balaban J connectivity index is 1.80. The lowest BCUT2D eigenvalue weighted by Crippen LogP contribution is -2.40. The summed E-state index contributed by atoms with van der Waals surface area (Å²) in [5.41, 5.74) is 0. The molecule has 2 bridgehead atoms. The number of carbonyl (C=O) groups is 2. The third-order valence-electron chi connectivity index (χ3n) is 5.28. The summed E-state index contributed by atoms with van der Waals surface area (Å²) in [6.45, 7) is 8.78. The number of ether oxygens (including phenoxy) is 2. The summed E-state index contributed by atoms with van der Waals surface area (Å²) in [5, 5.41) is 0. The van der Waals surface area contributed by atoms with Gasteiger partial charge in [-0.15, -0.1) is 0 Å². The van der Waals surface area contributed by atoms with Crippen molar-refractivity contribution >= 4 is 11.9 Å². The molecule has 20 heavy (non-hydrogen) atoms. The Labute approximate surface area is 120 Å². The number of carbonyl (C=O) groups excluding carboxylic acids is 2. The summed E-state index contributed by atoms with van der Waals surface area (Å²) in [5.74, 6) is 1.09. The second-order valence-corrected chi connectivity index (χ2v) is 7.36. The van der Waals surface area contributed by atoms with Crippen LogP contribution in [0.3, 0.4) is 0 Å². The minimum atomic E-state index is -0.228. The van der Waals surface area contributed by atoms with E-state index in [-0.39, 0.29) is 47.6 Å². The Morgan fingerprint density at radius 1 is 1.30 bits per heavy atom. The fourth-order valence-electron chi connectivity index (χ4n) is 4.67. The van der Waals surface area contributed by atoms with Crippen molar-refractivity contribution in [3.8, 4) is 0 Å². The Bertz CT molecular complexity index is 428. The number of hydrogen-bond acceptors (Lipinski definition) is 4. The third-order valence-corrected chi connectivity index (χ3v) is 5.28. The average Bonchev–Trinajstić information content (AvgIpc) is 2.95. The van der Waals surface area contributed by atoms with Crippen LogP contribution in [0, 0.1) is 41.4 Å². The minimum absolute atomic E-state index is 0.0270. The molecule has 3 rings (SSSR count). The zero-order valence-electron chi connectivity index (χ0n) is 12.7. The van der Waals surface area contributed by atoms with E-state index in [9.17, 15) is 9.59 Å². The molecule has 0 aromatic rings. The first-order valence-electron chi connectivity index (χ1n) is 7.79. The quantitative estimate of drug-likeness (QED) is 0.741. The third kappa shape index (κ3) is 1.87. The van der Waals surface area contributed by atoms with Gasteiger partial charge >= 0.3 is 11.9 Å². The Morgan fingerprint density at radius 2 is 2.00 bits per heavy atom. The smallest absolute Gasteiger partial charge is 0.313 e.